The fraction of sp³-hybridized carbons (Fsp3) is 0.409. The van der Waals surface area contributed by atoms with Crippen LogP contribution in [0.5, 0.6) is 5.75 Å². The van der Waals surface area contributed by atoms with Crippen molar-refractivity contribution in [3.63, 3.8) is 0 Å². The molecule has 1 saturated heterocycles. The molecule has 0 N–H and O–H groups in total. The Kier molecular flexibility index (Phi) is 6.04. The number of amides is 1. The van der Waals surface area contributed by atoms with E-state index in [9.17, 15) is 13.2 Å². The Balaban J connectivity index is 1.55. The maximum absolute atomic E-state index is 13.1. The van der Waals surface area contributed by atoms with E-state index in [1.54, 1.807) is 58.6 Å². The standard InChI is InChI=1S/C22H25ClN2O4S/c1-16(29-19-8-4-7-18(23)15-19)22(26)25-13-5-6-17-14-20(9-10-21(17)25)30(27,28)24-11-2-3-12-24/h4,7-10,14-16H,2-3,5-6,11-13H2,1H3. The summed E-state index contributed by atoms with van der Waals surface area (Å²) in [6.07, 6.45) is 2.62. The number of nitrogens with zero attached hydrogens (tertiary/aromatic N) is 2. The second kappa shape index (κ2) is 8.57. The summed E-state index contributed by atoms with van der Waals surface area (Å²) < 4.78 is 33.1. The molecule has 30 heavy (non-hydrogen) atoms. The van der Waals surface area contributed by atoms with Gasteiger partial charge in [-0.3, -0.25) is 4.79 Å². The van der Waals surface area contributed by atoms with Crippen molar-refractivity contribution in [2.45, 2.75) is 43.6 Å². The van der Waals surface area contributed by atoms with Gasteiger partial charge in [0.05, 0.1) is 4.90 Å². The van der Waals surface area contributed by atoms with Crippen molar-refractivity contribution in [2.75, 3.05) is 24.5 Å². The third kappa shape index (κ3) is 4.19. The van der Waals surface area contributed by atoms with Crippen molar-refractivity contribution in [2.24, 2.45) is 0 Å². The van der Waals surface area contributed by atoms with Crippen LogP contribution in [0.3, 0.4) is 0 Å². The molecule has 2 aromatic carbocycles. The number of anilines is 1. The second-order valence-corrected chi connectivity index (χ2v) is 10.1. The van der Waals surface area contributed by atoms with Crippen LogP contribution in [0, 0.1) is 0 Å². The van der Waals surface area contributed by atoms with Crippen molar-refractivity contribution < 1.29 is 17.9 Å². The molecule has 2 aromatic rings. The molecule has 4 rings (SSSR count). The van der Waals surface area contributed by atoms with Gasteiger partial charge in [-0.1, -0.05) is 17.7 Å². The first kappa shape index (κ1) is 21.2. The number of aryl methyl sites for hydroxylation is 1. The molecule has 0 aromatic heterocycles. The average Bonchev–Trinajstić information content (AvgIpc) is 3.28. The van der Waals surface area contributed by atoms with Crippen LogP contribution < -0.4 is 9.64 Å². The minimum atomic E-state index is -3.48. The molecule has 0 saturated carbocycles. The Morgan fingerprint density at radius 2 is 1.83 bits per heavy atom. The van der Waals surface area contributed by atoms with E-state index in [0.29, 0.717) is 35.3 Å². The highest BCUT2D eigenvalue weighted by Crippen LogP contribution is 2.32. The van der Waals surface area contributed by atoms with Crippen LogP contribution in [0.2, 0.25) is 5.02 Å². The Morgan fingerprint density at radius 1 is 1.07 bits per heavy atom. The highest BCUT2D eigenvalue weighted by atomic mass is 35.5. The van der Waals surface area contributed by atoms with Crippen molar-refractivity contribution in [1.82, 2.24) is 4.31 Å². The molecule has 0 radical (unpaired) electrons. The number of sulfonamides is 1. The molecular formula is C22H25ClN2O4S. The number of ether oxygens (including phenoxy) is 1. The summed E-state index contributed by atoms with van der Waals surface area (Å²) in [6, 6.07) is 12.0. The van der Waals surface area contributed by atoms with Crippen LogP contribution in [-0.2, 0) is 21.2 Å². The Labute approximate surface area is 182 Å². The quantitative estimate of drug-likeness (QED) is 0.696. The first-order chi connectivity index (χ1) is 14.4. The Bertz CT molecular complexity index is 1050. The number of fused-ring (bicyclic) bond motifs is 1. The Hall–Kier alpha value is -2.09. The summed E-state index contributed by atoms with van der Waals surface area (Å²) >= 11 is 5.99. The lowest BCUT2D eigenvalue weighted by Gasteiger charge is -2.32. The fourth-order valence-electron chi connectivity index (χ4n) is 4.05. The SMILES string of the molecule is CC(Oc1cccc(Cl)c1)C(=O)N1CCCc2cc(S(=O)(=O)N3CCCC3)ccc21. The second-order valence-electron chi connectivity index (χ2n) is 7.71. The lowest BCUT2D eigenvalue weighted by molar-refractivity contribution is -0.124. The van der Waals surface area contributed by atoms with Gasteiger partial charge in [-0.15, -0.1) is 0 Å². The predicted octanol–water partition coefficient (Wildman–Crippen LogP) is 3.87. The van der Waals surface area contributed by atoms with Gasteiger partial charge in [0.25, 0.3) is 5.91 Å². The van der Waals surface area contributed by atoms with Gasteiger partial charge in [0.15, 0.2) is 6.10 Å². The predicted molar refractivity (Wildman–Crippen MR) is 117 cm³/mol. The molecule has 1 fully saturated rings. The first-order valence-corrected chi connectivity index (χ1v) is 12.0. The van der Waals surface area contributed by atoms with Crippen LogP contribution in [0.1, 0.15) is 31.7 Å². The summed E-state index contributed by atoms with van der Waals surface area (Å²) in [4.78, 5) is 15.1. The fourth-order valence-corrected chi connectivity index (χ4v) is 5.80. The summed E-state index contributed by atoms with van der Waals surface area (Å²) in [7, 11) is -3.48. The maximum atomic E-state index is 13.1. The van der Waals surface area contributed by atoms with E-state index >= 15 is 0 Å². The van der Waals surface area contributed by atoms with Crippen molar-refractivity contribution in [3.05, 3.63) is 53.1 Å². The van der Waals surface area contributed by atoms with Crippen molar-refractivity contribution in [1.29, 1.82) is 0 Å². The molecule has 1 amide bonds. The van der Waals surface area contributed by atoms with Gasteiger partial charge in [-0.25, -0.2) is 8.42 Å². The van der Waals surface area contributed by atoms with Gasteiger partial charge in [-0.2, -0.15) is 4.31 Å². The largest absolute Gasteiger partial charge is 0.481 e. The summed E-state index contributed by atoms with van der Waals surface area (Å²) in [6.45, 7) is 3.43. The van der Waals surface area contributed by atoms with Crippen LogP contribution in [0.25, 0.3) is 0 Å². The summed E-state index contributed by atoms with van der Waals surface area (Å²) in [5.74, 6) is 0.374. The molecule has 160 valence electrons. The monoisotopic (exact) mass is 448 g/mol. The maximum Gasteiger partial charge on any atom is 0.267 e. The highest BCUT2D eigenvalue weighted by molar-refractivity contribution is 7.89. The van der Waals surface area contributed by atoms with Crippen molar-refractivity contribution in [3.8, 4) is 5.75 Å². The molecule has 1 unspecified atom stereocenters. The van der Waals surface area contributed by atoms with E-state index in [1.165, 1.54) is 0 Å². The molecular weight excluding hydrogens is 424 g/mol. The molecule has 8 heteroatoms. The van der Waals surface area contributed by atoms with E-state index in [-0.39, 0.29) is 5.91 Å². The molecule has 0 bridgehead atoms. The summed E-state index contributed by atoms with van der Waals surface area (Å²) in [5, 5.41) is 0.544. The number of benzene rings is 2. The first-order valence-electron chi connectivity index (χ1n) is 10.2. The zero-order valence-corrected chi connectivity index (χ0v) is 18.5. The van der Waals surface area contributed by atoms with Crippen LogP contribution in [0.4, 0.5) is 5.69 Å². The summed E-state index contributed by atoms with van der Waals surface area (Å²) in [5.41, 5.74) is 1.64. The molecule has 1 atom stereocenters. The third-order valence-corrected chi connectivity index (χ3v) is 7.72. The number of hydrogen-bond donors (Lipinski definition) is 0. The zero-order valence-electron chi connectivity index (χ0n) is 16.9. The van der Waals surface area contributed by atoms with Gasteiger partial charge >= 0.3 is 0 Å². The van der Waals surface area contributed by atoms with Gasteiger partial charge in [0.2, 0.25) is 10.0 Å². The molecule has 0 spiro atoms. The highest BCUT2D eigenvalue weighted by Gasteiger charge is 2.31. The Morgan fingerprint density at radius 3 is 2.57 bits per heavy atom. The minimum Gasteiger partial charge on any atom is -0.481 e. The van der Waals surface area contributed by atoms with Gasteiger partial charge in [0, 0.05) is 30.3 Å². The number of carbonyl (C=O) groups excluding carboxylic acids is 1. The van der Waals surface area contributed by atoms with Gasteiger partial charge in [0.1, 0.15) is 5.75 Å². The molecule has 2 heterocycles. The van der Waals surface area contributed by atoms with Gasteiger partial charge in [-0.05, 0) is 74.6 Å². The van der Waals surface area contributed by atoms with E-state index < -0.39 is 16.1 Å². The smallest absolute Gasteiger partial charge is 0.267 e. The van der Waals surface area contributed by atoms with Crippen LogP contribution in [-0.4, -0.2) is 44.4 Å². The van der Waals surface area contributed by atoms with E-state index in [0.717, 1.165) is 36.9 Å². The average molecular weight is 449 g/mol. The lowest BCUT2D eigenvalue weighted by Crippen LogP contribution is -2.43. The number of rotatable bonds is 5. The topological polar surface area (TPSA) is 66.9 Å². The number of carbonyl (C=O) groups is 1. The van der Waals surface area contributed by atoms with E-state index in [4.69, 9.17) is 16.3 Å². The third-order valence-electron chi connectivity index (χ3n) is 5.60. The molecule has 2 aliphatic heterocycles. The normalized spacial score (nSPS) is 18.1. The lowest BCUT2D eigenvalue weighted by atomic mass is 10.0. The van der Waals surface area contributed by atoms with Crippen molar-refractivity contribution >= 4 is 33.2 Å². The number of hydrogen-bond acceptors (Lipinski definition) is 4. The van der Waals surface area contributed by atoms with Crippen LogP contribution in [0.15, 0.2) is 47.4 Å². The zero-order chi connectivity index (χ0) is 21.3. The molecule has 0 aliphatic carbocycles. The number of halogens is 1. The van der Waals surface area contributed by atoms with Crippen LogP contribution >= 0.6 is 11.6 Å². The van der Waals surface area contributed by atoms with E-state index in [2.05, 4.69) is 0 Å². The molecule has 6 nitrogen and oxygen atoms in total. The van der Waals surface area contributed by atoms with Gasteiger partial charge < -0.3 is 9.64 Å². The van der Waals surface area contributed by atoms with E-state index in [1.807, 2.05) is 0 Å². The molecule has 2 aliphatic rings. The minimum absolute atomic E-state index is 0.161.